The molecule has 0 saturated heterocycles. The fourth-order valence-electron chi connectivity index (χ4n) is 7.48. The van der Waals surface area contributed by atoms with Gasteiger partial charge < -0.3 is 86.5 Å². The Kier molecular flexibility index (Phi) is 33.3. The Morgan fingerprint density at radius 1 is 0.447 bits per heavy atom. The summed E-state index contributed by atoms with van der Waals surface area (Å²) in [5.74, 6) is -13.2. The van der Waals surface area contributed by atoms with Crippen LogP contribution in [0.3, 0.4) is 0 Å². The maximum Gasteiger partial charge on any atom is 0.326 e. The summed E-state index contributed by atoms with van der Waals surface area (Å²) in [6, 6.07) is -13.0. The Morgan fingerprint density at radius 2 is 0.816 bits per heavy atom. The molecule has 0 spiro atoms. The van der Waals surface area contributed by atoms with Crippen LogP contribution in [0.4, 0.5) is 0 Å². The quantitative estimate of drug-likeness (QED) is 0.0261. The van der Waals surface area contributed by atoms with Crippen LogP contribution in [-0.4, -0.2) is 160 Å². The molecule has 434 valence electrons. The highest BCUT2D eigenvalue weighted by molar-refractivity contribution is 5.98. The summed E-state index contributed by atoms with van der Waals surface area (Å²) in [6.07, 6.45) is -2.33. The smallest absolute Gasteiger partial charge is 0.326 e. The molecule has 0 aromatic rings. The van der Waals surface area contributed by atoms with Crippen LogP contribution in [-0.2, 0) is 57.5 Å². The minimum absolute atomic E-state index is 0.0171. The van der Waals surface area contributed by atoms with E-state index in [0.29, 0.717) is 19.3 Å². The number of hydrogen-bond donors (Lipinski definition) is 16. The third-order valence-corrected chi connectivity index (χ3v) is 12.2. The third-order valence-electron chi connectivity index (χ3n) is 12.2. The normalized spacial score (nSPS) is 15.6. The van der Waals surface area contributed by atoms with Gasteiger partial charge in [0.15, 0.2) is 0 Å². The first-order valence-electron chi connectivity index (χ1n) is 25.8. The fourth-order valence-corrected chi connectivity index (χ4v) is 7.48. The van der Waals surface area contributed by atoms with Crippen LogP contribution in [0.2, 0.25) is 0 Å². The number of nitrogens with one attached hydrogen (secondary N) is 8. The molecule has 0 aliphatic rings. The number of hydrogen-bond acceptors (Lipinski definition) is 16. The topological polar surface area (TPSA) is 492 Å². The van der Waals surface area contributed by atoms with Gasteiger partial charge in [0, 0.05) is 19.3 Å². The molecule has 0 saturated carbocycles. The van der Waals surface area contributed by atoms with E-state index in [1.165, 1.54) is 6.92 Å². The molecule has 28 heteroatoms. The number of unbranched alkanes of at least 4 members (excludes halogenated alkanes) is 2. The van der Waals surface area contributed by atoms with Gasteiger partial charge in [-0.2, -0.15) is 0 Å². The van der Waals surface area contributed by atoms with Crippen molar-refractivity contribution in [2.24, 2.45) is 46.4 Å². The predicted molar refractivity (Wildman–Crippen MR) is 276 cm³/mol. The van der Waals surface area contributed by atoms with Crippen molar-refractivity contribution in [3.63, 3.8) is 0 Å². The van der Waals surface area contributed by atoms with Gasteiger partial charge in [-0.1, -0.05) is 48.0 Å². The Hall–Kier alpha value is -6.52. The van der Waals surface area contributed by atoms with Crippen LogP contribution in [0.5, 0.6) is 0 Å². The fraction of sp³-hybridized carbons (Fsp3) is 0.750. The summed E-state index contributed by atoms with van der Waals surface area (Å²) < 4.78 is 0. The number of aliphatic hydroxyl groups excluding tert-OH is 1. The summed E-state index contributed by atoms with van der Waals surface area (Å²) in [6.45, 7) is 11.5. The molecule has 11 atom stereocenters. The maximum absolute atomic E-state index is 14.2. The average Bonchev–Trinajstić information content (AvgIpc) is 3.33. The second-order valence-electron chi connectivity index (χ2n) is 19.7. The highest BCUT2D eigenvalue weighted by Crippen LogP contribution is 2.14. The summed E-state index contributed by atoms with van der Waals surface area (Å²) >= 11 is 0. The lowest BCUT2D eigenvalue weighted by atomic mass is 9.96. The first-order chi connectivity index (χ1) is 35.5. The molecule has 0 unspecified atom stereocenters. The largest absolute Gasteiger partial charge is 0.481 e. The monoisotopic (exact) mass is 1090 g/mol. The van der Waals surface area contributed by atoms with Crippen molar-refractivity contribution in [2.45, 2.75) is 199 Å². The van der Waals surface area contributed by atoms with E-state index in [9.17, 15) is 67.7 Å². The Labute approximate surface area is 443 Å². The van der Waals surface area contributed by atoms with Crippen molar-refractivity contribution in [1.29, 1.82) is 0 Å². The highest BCUT2D eigenvalue weighted by atomic mass is 16.4. The molecule has 0 heterocycles. The number of amides is 10. The van der Waals surface area contributed by atoms with E-state index in [0.717, 1.165) is 0 Å². The van der Waals surface area contributed by atoms with Crippen molar-refractivity contribution in [3.8, 4) is 0 Å². The molecule has 0 aliphatic carbocycles. The zero-order valence-corrected chi connectivity index (χ0v) is 44.9. The Morgan fingerprint density at radius 3 is 1.18 bits per heavy atom. The first kappa shape index (κ1) is 69.5. The number of primary amides is 2. The van der Waals surface area contributed by atoms with Gasteiger partial charge in [0.1, 0.15) is 48.3 Å². The van der Waals surface area contributed by atoms with Crippen LogP contribution >= 0.6 is 0 Å². The SMILES string of the molecule is CC[C@H](C)[C@H](NC(=O)[C@H](CCC(N)=O)NC(=O)[C@H](CCCCN)NC(=O)[C@H](CCC(N)=O)NC(=O)[C@H](CC(C)C)NC(=O)[C@@H](N)CCC(=O)O)C(=O)N[C@H](C(=O)N[C@@H](CCCCN)C(=O)N[C@H](C(=O)O)C(C)C)[C@@H](C)O. The number of aliphatic carboxylic acids is 2. The minimum atomic E-state index is -1.73. The van der Waals surface area contributed by atoms with Crippen LogP contribution in [0.25, 0.3) is 0 Å². The predicted octanol–water partition coefficient (Wildman–Crippen LogP) is -3.94. The van der Waals surface area contributed by atoms with Crippen LogP contribution in [0.1, 0.15) is 138 Å². The van der Waals surface area contributed by atoms with Crippen LogP contribution < -0.4 is 71.2 Å². The molecule has 0 rings (SSSR count). The van der Waals surface area contributed by atoms with E-state index in [1.807, 2.05) is 0 Å². The summed E-state index contributed by atoms with van der Waals surface area (Å²) in [4.78, 5) is 157. The van der Waals surface area contributed by atoms with Gasteiger partial charge in [-0.3, -0.25) is 52.7 Å². The zero-order valence-electron chi connectivity index (χ0n) is 44.9. The van der Waals surface area contributed by atoms with Crippen molar-refractivity contribution < 1.29 is 72.9 Å². The molecular formula is C48H87N13O15. The van der Waals surface area contributed by atoms with Gasteiger partial charge in [-0.15, -0.1) is 0 Å². The molecule has 0 aromatic carbocycles. The van der Waals surface area contributed by atoms with E-state index in [-0.39, 0.29) is 64.0 Å². The number of nitrogens with two attached hydrogens (primary N) is 5. The highest BCUT2D eigenvalue weighted by Gasteiger charge is 2.37. The van der Waals surface area contributed by atoms with E-state index >= 15 is 0 Å². The van der Waals surface area contributed by atoms with Gasteiger partial charge in [-0.25, -0.2) is 4.79 Å². The lowest BCUT2D eigenvalue weighted by Gasteiger charge is -2.30. The molecule has 0 radical (unpaired) electrons. The standard InChI is InChI=1S/C48H87N13O15/c1-8-26(6)38(46(73)61-39(27(7)62)47(74)57-30(14-10-12-22-50)43(70)59-37(25(4)5)48(75)76)60-44(71)32(17-19-35(53)64)55-41(68)29(13-9-11-21-49)54-42(69)31(16-18-34(52)63)56-45(72)33(23-24(2)3)58-40(67)28(51)15-20-36(65)66/h24-33,37-39,62H,8-23,49-51H2,1-7H3,(H2,52,63)(H2,53,64)(H,54,69)(H,55,68)(H,56,72)(H,57,74)(H,58,67)(H,59,70)(H,60,71)(H,61,73)(H,65,66)(H,75,76)/t26-,27+,28-,29-,30-,31-,32-,33-,37-,38-,39-/m0/s1. The zero-order chi connectivity index (χ0) is 58.4. The Bertz CT molecular complexity index is 1960. The average molecular weight is 1090 g/mol. The second-order valence-corrected chi connectivity index (χ2v) is 19.7. The van der Waals surface area contributed by atoms with E-state index in [4.69, 9.17) is 33.8 Å². The van der Waals surface area contributed by atoms with E-state index in [2.05, 4.69) is 42.5 Å². The maximum atomic E-state index is 14.2. The van der Waals surface area contributed by atoms with Gasteiger partial charge in [0.2, 0.25) is 59.1 Å². The van der Waals surface area contributed by atoms with Crippen molar-refractivity contribution in [1.82, 2.24) is 42.5 Å². The number of carbonyl (C=O) groups excluding carboxylic acids is 10. The third kappa shape index (κ3) is 27.3. The van der Waals surface area contributed by atoms with Crippen molar-refractivity contribution >= 4 is 71.0 Å². The summed E-state index contributed by atoms with van der Waals surface area (Å²) in [5, 5.41) is 49.3. The van der Waals surface area contributed by atoms with Gasteiger partial charge >= 0.3 is 11.9 Å². The Balaban J connectivity index is 6.84. The molecule has 0 bridgehead atoms. The van der Waals surface area contributed by atoms with E-state index < -0.39 is 169 Å². The molecule has 76 heavy (non-hydrogen) atoms. The minimum Gasteiger partial charge on any atom is -0.481 e. The second kappa shape index (κ2) is 36.5. The number of carbonyl (C=O) groups is 12. The van der Waals surface area contributed by atoms with Crippen LogP contribution in [0.15, 0.2) is 0 Å². The molecule has 28 nitrogen and oxygen atoms in total. The lowest BCUT2D eigenvalue weighted by molar-refractivity contribution is -0.143. The van der Waals surface area contributed by atoms with Crippen molar-refractivity contribution in [2.75, 3.05) is 13.1 Å². The number of aliphatic hydroxyl groups is 1. The van der Waals surface area contributed by atoms with Gasteiger partial charge in [0.25, 0.3) is 0 Å². The number of rotatable bonds is 40. The van der Waals surface area contributed by atoms with Crippen LogP contribution in [0, 0.1) is 17.8 Å². The molecule has 10 amide bonds. The molecule has 0 aromatic heterocycles. The summed E-state index contributed by atoms with van der Waals surface area (Å²) in [5.41, 5.74) is 28.0. The number of carboxylic acid groups (broad SMARTS) is 2. The first-order valence-corrected chi connectivity index (χ1v) is 25.8. The lowest BCUT2D eigenvalue weighted by Crippen LogP contribution is -2.62. The van der Waals surface area contributed by atoms with Crippen molar-refractivity contribution in [3.05, 3.63) is 0 Å². The molecule has 21 N–H and O–H groups in total. The number of carboxylic acids is 2. The molecule has 0 aliphatic heterocycles. The summed E-state index contributed by atoms with van der Waals surface area (Å²) in [7, 11) is 0. The molecular weight excluding hydrogens is 999 g/mol. The van der Waals surface area contributed by atoms with Gasteiger partial charge in [0.05, 0.1) is 12.1 Å². The molecule has 0 fully saturated rings. The van der Waals surface area contributed by atoms with E-state index in [1.54, 1.807) is 41.5 Å². The van der Waals surface area contributed by atoms with Gasteiger partial charge in [-0.05, 0) is 102 Å².